The first kappa shape index (κ1) is 22.6. The van der Waals surface area contributed by atoms with Gasteiger partial charge in [-0.1, -0.05) is 37.1 Å². The lowest BCUT2D eigenvalue weighted by atomic mass is 10.0. The minimum Gasteiger partial charge on any atom is -0.352 e. The second-order valence-electron chi connectivity index (χ2n) is 8.51. The molecule has 170 valence electrons. The van der Waals surface area contributed by atoms with Crippen molar-refractivity contribution in [1.29, 1.82) is 0 Å². The van der Waals surface area contributed by atoms with Gasteiger partial charge in [0.1, 0.15) is 5.82 Å². The van der Waals surface area contributed by atoms with E-state index in [2.05, 4.69) is 10.3 Å². The van der Waals surface area contributed by atoms with Crippen molar-refractivity contribution in [3.63, 3.8) is 0 Å². The number of anilines is 1. The number of nitrogens with one attached hydrogen (secondary N) is 1. The van der Waals surface area contributed by atoms with Gasteiger partial charge < -0.3 is 10.2 Å². The number of pyridine rings is 1. The van der Waals surface area contributed by atoms with Gasteiger partial charge in [-0.15, -0.1) is 0 Å². The van der Waals surface area contributed by atoms with E-state index in [0.717, 1.165) is 48.1 Å². The van der Waals surface area contributed by atoms with Crippen LogP contribution in [-0.2, 0) is 29.1 Å². The molecule has 1 N–H and O–H groups in total. The first-order valence-corrected chi connectivity index (χ1v) is 11.4. The van der Waals surface area contributed by atoms with Crippen LogP contribution in [0.5, 0.6) is 0 Å². The fourth-order valence-electron chi connectivity index (χ4n) is 4.25. The van der Waals surface area contributed by atoms with E-state index in [-0.39, 0.29) is 30.0 Å². The van der Waals surface area contributed by atoms with Crippen LogP contribution >= 0.6 is 0 Å². The number of rotatable bonds is 8. The number of carbonyl (C=O) groups is 2. The van der Waals surface area contributed by atoms with Gasteiger partial charge in [0.15, 0.2) is 0 Å². The monoisotopic (exact) mass is 445 g/mol. The van der Waals surface area contributed by atoms with Crippen molar-refractivity contribution in [2.75, 3.05) is 4.90 Å². The van der Waals surface area contributed by atoms with Crippen LogP contribution in [0.15, 0.2) is 73.1 Å². The SMILES string of the molecule is O=C(Cc1ccc(N(Cc2cccc(F)c2)C(=O)C2CCCC2)cc1)NCc1ccncc1. The van der Waals surface area contributed by atoms with E-state index in [1.807, 2.05) is 42.5 Å². The number of aromatic nitrogens is 1. The molecule has 0 saturated heterocycles. The molecule has 2 amide bonds. The van der Waals surface area contributed by atoms with Crippen LogP contribution < -0.4 is 10.2 Å². The van der Waals surface area contributed by atoms with Gasteiger partial charge in [0.25, 0.3) is 0 Å². The average Bonchev–Trinajstić information content (AvgIpc) is 3.37. The predicted molar refractivity (Wildman–Crippen MR) is 126 cm³/mol. The van der Waals surface area contributed by atoms with Crippen molar-refractivity contribution < 1.29 is 14.0 Å². The molecule has 1 saturated carbocycles. The van der Waals surface area contributed by atoms with E-state index in [1.165, 1.54) is 12.1 Å². The second-order valence-corrected chi connectivity index (χ2v) is 8.51. The third-order valence-electron chi connectivity index (χ3n) is 6.05. The minimum absolute atomic E-state index is 0.0113. The molecule has 0 radical (unpaired) electrons. The molecule has 1 aliphatic carbocycles. The summed E-state index contributed by atoms with van der Waals surface area (Å²) in [5.41, 5.74) is 3.37. The first-order valence-electron chi connectivity index (χ1n) is 11.4. The lowest BCUT2D eigenvalue weighted by molar-refractivity contribution is -0.122. The van der Waals surface area contributed by atoms with Gasteiger partial charge in [-0.3, -0.25) is 14.6 Å². The van der Waals surface area contributed by atoms with Gasteiger partial charge in [-0.25, -0.2) is 4.39 Å². The molecular weight excluding hydrogens is 417 g/mol. The van der Waals surface area contributed by atoms with Crippen LogP contribution in [-0.4, -0.2) is 16.8 Å². The fourth-order valence-corrected chi connectivity index (χ4v) is 4.25. The highest BCUT2D eigenvalue weighted by Crippen LogP contribution is 2.30. The molecule has 3 aromatic rings. The first-order chi connectivity index (χ1) is 16.1. The summed E-state index contributed by atoms with van der Waals surface area (Å²) >= 11 is 0. The Morgan fingerprint density at radius 2 is 1.67 bits per heavy atom. The molecule has 5 nitrogen and oxygen atoms in total. The van der Waals surface area contributed by atoms with Crippen molar-refractivity contribution in [3.05, 3.63) is 95.6 Å². The maximum absolute atomic E-state index is 13.7. The summed E-state index contributed by atoms with van der Waals surface area (Å²) in [6.45, 7) is 0.773. The predicted octanol–water partition coefficient (Wildman–Crippen LogP) is 4.80. The molecule has 0 unspecified atom stereocenters. The van der Waals surface area contributed by atoms with Crippen LogP contribution in [0.1, 0.15) is 42.4 Å². The van der Waals surface area contributed by atoms with Crippen molar-refractivity contribution in [3.8, 4) is 0 Å². The van der Waals surface area contributed by atoms with Crippen molar-refractivity contribution in [2.24, 2.45) is 5.92 Å². The molecule has 0 spiro atoms. The van der Waals surface area contributed by atoms with Crippen molar-refractivity contribution in [2.45, 2.75) is 45.2 Å². The van der Waals surface area contributed by atoms with Crippen LogP contribution in [0.2, 0.25) is 0 Å². The third-order valence-corrected chi connectivity index (χ3v) is 6.05. The molecule has 0 aliphatic heterocycles. The Labute approximate surface area is 193 Å². The zero-order chi connectivity index (χ0) is 23.0. The zero-order valence-corrected chi connectivity index (χ0v) is 18.5. The summed E-state index contributed by atoms with van der Waals surface area (Å²) < 4.78 is 13.7. The second kappa shape index (κ2) is 10.9. The quantitative estimate of drug-likeness (QED) is 0.542. The van der Waals surface area contributed by atoms with Crippen LogP contribution in [0.3, 0.4) is 0 Å². The topological polar surface area (TPSA) is 62.3 Å². The summed E-state index contributed by atoms with van der Waals surface area (Å²) in [5, 5.41) is 2.91. The Morgan fingerprint density at radius 3 is 2.36 bits per heavy atom. The molecule has 1 fully saturated rings. The average molecular weight is 446 g/mol. The molecule has 33 heavy (non-hydrogen) atoms. The number of halogens is 1. The summed E-state index contributed by atoms with van der Waals surface area (Å²) in [6, 6.07) is 17.6. The van der Waals surface area contributed by atoms with E-state index in [4.69, 9.17) is 0 Å². The van der Waals surface area contributed by atoms with Crippen molar-refractivity contribution >= 4 is 17.5 Å². The number of benzene rings is 2. The lowest BCUT2D eigenvalue weighted by Crippen LogP contribution is -2.35. The number of hydrogen-bond acceptors (Lipinski definition) is 3. The molecule has 4 rings (SSSR count). The third kappa shape index (κ3) is 6.25. The maximum atomic E-state index is 13.7. The van der Waals surface area contributed by atoms with E-state index in [9.17, 15) is 14.0 Å². The standard InChI is InChI=1S/C27H28FN3O2/c28-24-7-3-4-22(16-24)19-31(27(33)23-5-1-2-6-23)25-10-8-20(9-11-25)17-26(32)30-18-21-12-14-29-15-13-21/h3-4,7-16,23H,1-2,5-6,17-19H2,(H,30,32). The van der Waals surface area contributed by atoms with E-state index < -0.39 is 0 Å². The molecule has 1 aromatic heterocycles. The Kier molecular flexibility index (Phi) is 7.45. The number of carbonyl (C=O) groups excluding carboxylic acids is 2. The number of nitrogens with zero attached hydrogens (tertiary/aromatic N) is 2. The molecule has 0 bridgehead atoms. The minimum atomic E-state index is -0.311. The molecule has 0 atom stereocenters. The van der Waals surface area contributed by atoms with Crippen LogP contribution in [0.25, 0.3) is 0 Å². The highest BCUT2D eigenvalue weighted by molar-refractivity contribution is 5.95. The maximum Gasteiger partial charge on any atom is 0.230 e. The van der Waals surface area contributed by atoms with Gasteiger partial charge in [0, 0.05) is 30.5 Å². The summed E-state index contributed by atoms with van der Waals surface area (Å²) in [6.07, 6.45) is 7.58. The smallest absolute Gasteiger partial charge is 0.230 e. The molecule has 6 heteroatoms. The normalized spacial score (nSPS) is 13.6. The lowest BCUT2D eigenvalue weighted by Gasteiger charge is -2.26. The van der Waals surface area contributed by atoms with E-state index in [1.54, 1.807) is 23.4 Å². The van der Waals surface area contributed by atoms with Gasteiger partial charge >= 0.3 is 0 Å². The summed E-state index contributed by atoms with van der Waals surface area (Å²) in [4.78, 5) is 31.3. The van der Waals surface area contributed by atoms with Crippen molar-refractivity contribution in [1.82, 2.24) is 10.3 Å². The van der Waals surface area contributed by atoms with E-state index >= 15 is 0 Å². The summed E-state index contributed by atoms with van der Waals surface area (Å²) in [7, 11) is 0. The Balaban J connectivity index is 1.44. The molecule has 1 heterocycles. The van der Waals surface area contributed by atoms with Crippen LogP contribution in [0, 0.1) is 11.7 Å². The van der Waals surface area contributed by atoms with E-state index in [0.29, 0.717) is 13.1 Å². The number of amides is 2. The van der Waals surface area contributed by atoms with Gasteiger partial charge in [0.05, 0.1) is 13.0 Å². The highest BCUT2D eigenvalue weighted by Gasteiger charge is 2.28. The fraction of sp³-hybridized carbons (Fsp3) is 0.296. The molecule has 2 aromatic carbocycles. The highest BCUT2D eigenvalue weighted by atomic mass is 19.1. The van der Waals surface area contributed by atoms with Gasteiger partial charge in [-0.05, 0) is 65.9 Å². The Morgan fingerprint density at radius 1 is 0.939 bits per heavy atom. The zero-order valence-electron chi connectivity index (χ0n) is 18.5. The van der Waals surface area contributed by atoms with Gasteiger partial charge in [0.2, 0.25) is 11.8 Å². The Bertz CT molecular complexity index is 1080. The number of hydrogen-bond donors (Lipinski definition) is 1. The summed E-state index contributed by atoms with van der Waals surface area (Å²) in [5.74, 6) is -0.288. The van der Waals surface area contributed by atoms with Crippen LogP contribution in [0.4, 0.5) is 10.1 Å². The molecule has 1 aliphatic rings. The Hall–Kier alpha value is -3.54. The van der Waals surface area contributed by atoms with Gasteiger partial charge in [-0.2, -0.15) is 0 Å². The molecular formula is C27H28FN3O2. The largest absolute Gasteiger partial charge is 0.352 e.